The molecule has 2 atom stereocenters. The van der Waals surface area contributed by atoms with Gasteiger partial charge < -0.3 is 15.4 Å². The van der Waals surface area contributed by atoms with Crippen LogP contribution in [0.15, 0.2) is 0 Å². The zero-order valence-corrected chi connectivity index (χ0v) is 13.4. The fourth-order valence-corrected chi connectivity index (χ4v) is 2.33. The molecule has 20 heavy (non-hydrogen) atoms. The normalized spacial score (nSPS) is 22.9. The van der Waals surface area contributed by atoms with Crippen molar-refractivity contribution in [3.63, 3.8) is 0 Å². The summed E-state index contributed by atoms with van der Waals surface area (Å²) in [5.41, 5.74) is 0.979. The molecular weight excluding hydrogens is 252 g/mol. The summed E-state index contributed by atoms with van der Waals surface area (Å²) in [5, 5.41) is 6.69. The van der Waals surface area contributed by atoms with Gasteiger partial charge in [0.1, 0.15) is 17.5 Å². The third-order valence-electron chi connectivity index (χ3n) is 3.75. The summed E-state index contributed by atoms with van der Waals surface area (Å²) in [6.45, 7) is 11.3. The number of rotatable bonds is 3. The van der Waals surface area contributed by atoms with Crippen LogP contribution < -0.4 is 10.6 Å². The lowest BCUT2D eigenvalue weighted by atomic mass is 9.95. The summed E-state index contributed by atoms with van der Waals surface area (Å²) in [5.74, 6) is 2.65. The van der Waals surface area contributed by atoms with Gasteiger partial charge in [-0.15, -0.1) is 0 Å². The molecule has 1 aliphatic heterocycles. The van der Waals surface area contributed by atoms with E-state index >= 15 is 0 Å². The van der Waals surface area contributed by atoms with Crippen LogP contribution in [0.1, 0.15) is 45.5 Å². The molecule has 0 spiro atoms. The Morgan fingerprint density at radius 2 is 1.85 bits per heavy atom. The highest BCUT2D eigenvalue weighted by molar-refractivity contribution is 5.57. The first-order valence-corrected chi connectivity index (χ1v) is 7.28. The van der Waals surface area contributed by atoms with Gasteiger partial charge >= 0.3 is 0 Å². The average molecular weight is 278 g/mol. The van der Waals surface area contributed by atoms with Gasteiger partial charge in [0.2, 0.25) is 0 Å². The Balaban J connectivity index is 2.35. The lowest BCUT2D eigenvalue weighted by Gasteiger charge is -2.23. The molecule has 0 aliphatic carbocycles. The maximum Gasteiger partial charge on any atom is 0.138 e. The van der Waals surface area contributed by atoms with E-state index in [9.17, 15) is 0 Å². The van der Waals surface area contributed by atoms with E-state index in [0.29, 0.717) is 6.04 Å². The first-order valence-electron chi connectivity index (χ1n) is 7.28. The monoisotopic (exact) mass is 278 g/mol. The second-order valence-electron chi connectivity index (χ2n) is 6.48. The Bertz CT molecular complexity index is 481. The largest absolute Gasteiger partial charge is 0.376 e. The van der Waals surface area contributed by atoms with E-state index in [1.165, 1.54) is 0 Å². The summed E-state index contributed by atoms with van der Waals surface area (Å²) in [4.78, 5) is 9.36. The van der Waals surface area contributed by atoms with Gasteiger partial charge in [-0.3, -0.25) is 0 Å². The molecule has 0 bridgehead atoms. The molecule has 1 aliphatic rings. The molecule has 1 saturated heterocycles. The predicted molar refractivity (Wildman–Crippen MR) is 82.5 cm³/mol. The first kappa shape index (κ1) is 15.0. The first-order chi connectivity index (χ1) is 9.32. The number of hydrogen-bond acceptors (Lipinski definition) is 5. The smallest absolute Gasteiger partial charge is 0.138 e. The number of ether oxygens (including phenoxy) is 1. The van der Waals surface area contributed by atoms with E-state index in [0.717, 1.165) is 36.1 Å². The Kier molecular flexibility index (Phi) is 4.18. The topological polar surface area (TPSA) is 59.1 Å². The van der Waals surface area contributed by atoms with E-state index in [2.05, 4.69) is 43.3 Å². The maximum atomic E-state index is 5.61. The molecule has 0 amide bonds. The van der Waals surface area contributed by atoms with E-state index in [1.54, 1.807) is 0 Å². The van der Waals surface area contributed by atoms with Crippen molar-refractivity contribution in [1.29, 1.82) is 0 Å². The Morgan fingerprint density at radius 3 is 2.35 bits per heavy atom. The molecule has 0 aromatic carbocycles. The molecule has 112 valence electrons. The van der Waals surface area contributed by atoms with E-state index in [1.807, 2.05) is 14.0 Å². The van der Waals surface area contributed by atoms with Gasteiger partial charge in [0, 0.05) is 24.6 Å². The van der Waals surface area contributed by atoms with Crippen LogP contribution in [0.5, 0.6) is 0 Å². The molecule has 5 nitrogen and oxygen atoms in total. The highest BCUT2D eigenvalue weighted by Crippen LogP contribution is 2.28. The summed E-state index contributed by atoms with van der Waals surface area (Å²) in [6, 6.07) is 0.320. The Hall–Kier alpha value is -1.36. The zero-order chi connectivity index (χ0) is 14.9. The predicted octanol–water partition coefficient (Wildman–Crippen LogP) is 2.71. The molecule has 0 saturated carbocycles. The van der Waals surface area contributed by atoms with Gasteiger partial charge in [0.05, 0.1) is 12.1 Å². The standard InChI is InChI=1S/C15H26N4O/c1-9-12(16-6)18-14(15(3,4)5)19-13(9)17-11-7-8-20-10(11)2/h10-11H,7-8H2,1-6H3,(H2,16,17,18,19). The van der Waals surface area contributed by atoms with Crippen molar-refractivity contribution < 1.29 is 4.74 Å². The van der Waals surface area contributed by atoms with Crippen LogP contribution in [0.25, 0.3) is 0 Å². The molecule has 5 heteroatoms. The van der Waals surface area contributed by atoms with Crippen molar-refractivity contribution in [1.82, 2.24) is 9.97 Å². The molecule has 2 unspecified atom stereocenters. The van der Waals surface area contributed by atoms with Gasteiger partial charge in [-0.2, -0.15) is 0 Å². The summed E-state index contributed by atoms with van der Waals surface area (Å²) in [6.07, 6.45) is 1.24. The number of nitrogens with zero attached hydrogens (tertiary/aromatic N) is 2. The second-order valence-corrected chi connectivity index (χ2v) is 6.48. The molecule has 1 aromatic heterocycles. The minimum absolute atomic E-state index is 0.0759. The lowest BCUT2D eigenvalue weighted by Crippen LogP contribution is -2.29. The fraction of sp³-hybridized carbons (Fsp3) is 0.733. The average Bonchev–Trinajstić information content (AvgIpc) is 2.76. The SMILES string of the molecule is CNc1nc(C(C)(C)C)nc(NC2CCOC2C)c1C. The van der Waals surface area contributed by atoms with Crippen molar-refractivity contribution in [2.24, 2.45) is 0 Å². The Labute approximate surface area is 121 Å². The van der Waals surface area contributed by atoms with Gasteiger partial charge in [-0.05, 0) is 20.3 Å². The van der Waals surface area contributed by atoms with Crippen LogP contribution >= 0.6 is 0 Å². The highest BCUT2D eigenvalue weighted by Gasteiger charge is 2.27. The molecule has 1 fully saturated rings. The van der Waals surface area contributed by atoms with E-state index < -0.39 is 0 Å². The van der Waals surface area contributed by atoms with Crippen LogP contribution in [-0.2, 0) is 10.2 Å². The number of nitrogens with one attached hydrogen (secondary N) is 2. The van der Waals surface area contributed by atoms with Crippen LogP contribution in [0.4, 0.5) is 11.6 Å². The Morgan fingerprint density at radius 1 is 1.20 bits per heavy atom. The van der Waals surface area contributed by atoms with Crippen molar-refractivity contribution in [3.8, 4) is 0 Å². The van der Waals surface area contributed by atoms with E-state index in [-0.39, 0.29) is 11.5 Å². The van der Waals surface area contributed by atoms with Crippen molar-refractivity contribution in [2.75, 3.05) is 24.3 Å². The van der Waals surface area contributed by atoms with Gasteiger partial charge in [-0.25, -0.2) is 9.97 Å². The minimum Gasteiger partial charge on any atom is -0.376 e. The summed E-state index contributed by atoms with van der Waals surface area (Å²) in [7, 11) is 1.90. The third-order valence-corrected chi connectivity index (χ3v) is 3.75. The van der Waals surface area contributed by atoms with Crippen LogP contribution in [0.3, 0.4) is 0 Å². The van der Waals surface area contributed by atoms with Crippen LogP contribution in [0.2, 0.25) is 0 Å². The van der Waals surface area contributed by atoms with Gasteiger partial charge in [-0.1, -0.05) is 20.8 Å². The fourth-order valence-electron chi connectivity index (χ4n) is 2.33. The molecule has 0 radical (unpaired) electrons. The third kappa shape index (κ3) is 3.03. The van der Waals surface area contributed by atoms with Crippen molar-refractivity contribution in [3.05, 3.63) is 11.4 Å². The quantitative estimate of drug-likeness (QED) is 0.890. The maximum absolute atomic E-state index is 5.61. The summed E-state index contributed by atoms with van der Waals surface area (Å²) >= 11 is 0. The summed E-state index contributed by atoms with van der Waals surface area (Å²) < 4.78 is 5.61. The second kappa shape index (κ2) is 5.56. The lowest BCUT2D eigenvalue weighted by molar-refractivity contribution is 0.121. The molecule has 2 N–H and O–H groups in total. The van der Waals surface area contributed by atoms with Crippen LogP contribution in [0, 0.1) is 6.92 Å². The number of hydrogen-bond donors (Lipinski definition) is 2. The molecule has 1 aromatic rings. The van der Waals surface area contributed by atoms with Crippen LogP contribution in [-0.4, -0.2) is 35.8 Å². The number of aromatic nitrogens is 2. The van der Waals surface area contributed by atoms with Crippen molar-refractivity contribution in [2.45, 2.75) is 58.6 Å². The molecule has 2 heterocycles. The molecular formula is C15H26N4O. The van der Waals surface area contributed by atoms with Gasteiger partial charge in [0.25, 0.3) is 0 Å². The van der Waals surface area contributed by atoms with Gasteiger partial charge in [0.15, 0.2) is 0 Å². The molecule has 2 rings (SSSR count). The minimum atomic E-state index is -0.0759. The zero-order valence-electron chi connectivity index (χ0n) is 13.4. The van der Waals surface area contributed by atoms with E-state index in [4.69, 9.17) is 9.72 Å². The highest BCUT2D eigenvalue weighted by atomic mass is 16.5. The van der Waals surface area contributed by atoms with Crippen molar-refractivity contribution >= 4 is 11.6 Å². The number of anilines is 2.